The third kappa shape index (κ3) is 5.27. The molecule has 0 N–H and O–H groups in total. The van der Waals surface area contributed by atoms with E-state index in [1.807, 2.05) is 23.1 Å². The predicted octanol–water partition coefficient (Wildman–Crippen LogP) is 4.90. The molecule has 156 valence electrons. The molecule has 0 saturated heterocycles. The number of rotatable bonds is 8. The first-order chi connectivity index (χ1) is 14.0. The van der Waals surface area contributed by atoms with E-state index in [0.717, 1.165) is 24.8 Å². The van der Waals surface area contributed by atoms with Crippen LogP contribution in [0.15, 0.2) is 41.8 Å². The zero-order chi connectivity index (χ0) is 20.8. The summed E-state index contributed by atoms with van der Waals surface area (Å²) in [5, 5.41) is 2.12. The first kappa shape index (κ1) is 21.6. The number of carbonyl (C=O) groups excluding carboxylic acids is 2. The second-order valence-electron chi connectivity index (χ2n) is 8.22. The predicted molar refractivity (Wildman–Crippen MR) is 119 cm³/mol. The van der Waals surface area contributed by atoms with Crippen molar-refractivity contribution in [3.63, 3.8) is 0 Å². The molecule has 1 aliphatic rings. The standard InChI is InChI=1S/C24H32N2O2S/c1-4-5-11-22(27)25(16-18(2)3)17-23(28)26-14-12-21-20(13-15-29-21)24(26)19-9-7-6-8-10-19/h6-10,13,15,18,24H,4-5,11-12,14,16-17H2,1-3H3/t24-/m0/s1. The van der Waals surface area contributed by atoms with Crippen molar-refractivity contribution >= 4 is 23.2 Å². The Morgan fingerprint density at radius 3 is 2.66 bits per heavy atom. The number of thiophene rings is 1. The van der Waals surface area contributed by atoms with Crippen LogP contribution >= 0.6 is 11.3 Å². The summed E-state index contributed by atoms with van der Waals surface area (Å²) in [5.74, 6) is 0.475. The summed E-state index contributed by atoms with van der Waals surface area (Å²) in [6.45, 7) is 7.77. The Labute approximate surface area is 178 Å². The Hall–Kier alpha value is -2.14. The minimum Gasteiger partial charge on any atom is -0.333 e. The van der Waals surface area contributed by atoms with Crippen molar-refractivity contribution in [1.29, 1.82) is 0 Å². The molecule has 1 aliphatic heterocycles. The normalized spacial score (nSPS) is 16.0. The third-order valence-electron chi connectivity index (χ3n) is 5.41. The number of fused-ring (bicyclic) bond motifs is 1. The second kappa shape index (κ2) is 10.1. The lowest BCUT2D eigenvalue weighted by Crippen LogP contribution is -2.47. The van der Waals surface area contributed by atoms with Gasteiger partial charge in [-0.3, -0.25) is 9.59 Å². The van der Waals surface area contributed by atoms with Crippen molar-refractivity contribution < 1.29 is 9.59 Å². The highest BCUT2D eigenvalue weighted by atomic mass is 32.1. The quantitative estimate of drug-likeness (QED) is 0.619. The van der Waals surface area contributed by atoms with E-state index in [-0.39, 0.29) is 24.4 Å². The molecule has 0 unspecified atom stereocenters. The van der Waals surface area contributed by atoms with Gasteiger partial charge in [-0.25, -0.2) is 0 Å². The third-order valence-corrected chi connectivity index (χ3v) is 6.41. The fourth-order valence-electron chi connectivity index (χ4n) is 4.02. The molecular formula is C24H32N2O2S. The van der Waals surface area contributed by atoms with Crippen LogP contribution in [0, 0.1) is 5.92 Å². The van der Waals surface area contributed by atoms with E-state index in [9.17, 15) is 9.59 Å². The van der Waals surface area contributed by atoms with Crippen LogP contribution in [-0.2, 0) is 16.0 Å². The lowest BCUT2D eigenvalue weighted by Gasteiger charge is -2.38. The maximum absolute atomic E-state index is 13.4. The lowest BCUT2D eigenvalue weighted by molar-refractivity contribution is -0.142. The van der Waals surface area contributed by atoms with Crippen LogP contribution in [0.25, 0.3) is 0 Å². The number of nitrogens with zero attached hydrogens (tertiary/aromatic N) is 2. The van der Waals surface area contributed by atoms with Gasteiger partial charge in [0.1, 0.15) is 0 Å². The van der Waals surface area contributed by atoms with Crippen molar-refractivity contribution in [2.24, 2.45) is 5.92 Å². The van der Waals surface area contributed by atoms with Gasteiger partial charge < -0.3 is 9.80 Å². The Morgan fingerprint density at radius 1 is 1.21 bits per heavy atom. The van der Waals surface area contributed by atoms with Crippen LogP contribution < -0.4 is 0 Å². The summed E-state index contributed by atoms with van der Waals surface area (Å²) in [7, 11) is 0. The number of benzene rings is 1. The molecule has 4 nitrogen and oxygen atoms in total. The Kier molecular flexibility index (Phi) is 7.48. The highest BCUT2D eigenvalue weighted by Gasteiger charge is 2.33. The molecule has 0 radical (unpaired) electrons. The fourth-order valence-corrected chi connectivity index (χ4v) is 4.92. The molecular weight excluding hydrogens is 380 g/mol. The molecule has 0 spiro atoms. The van der Waals surface area contributed by atoms with Crippen molar-refractivity contribution in [3.05, 3.63) is 57.8 Å². The van der Waals surface area contributed by atoms with Gasteiger partial charge in [-0.1, -0.05) is 57.5 Å². The summed E-state index contributed by atoms with van der Waals surface area (Å²) in [5.41, 5.74) is 2.36. The van der Waals surface area contributed by atoms with Crippen molar-refractivity contribution in [1.82, 2.24) is 9.80 Å². The van der Waals surface area contributed by atoms with Crippen LogP contribution in [0.5, 0.6) is 0 Å². The molecule has 2 aromatic rings. The van der Waals surface area contributed by atoms with Gasteiger partial charge in [0.2, 0.25) is 11.8 Å². The molecule has 0 saturated carbocycles. The van der Waals surface area contributed by atoms with Gasteiger partial charge in [0.15, 0.2) is 0 Å². The van der Waals surface area contributed by atoms with Gasteiger partial charge in [-0.15, -0.1) is 11.3 Å². The first-order valence-corrected chi connectivity index (χ1v) is 11.6. The monoisotopic (exact) mass is 412 g/mol. The van der Waals surface area contributed by atoms with E-state index in [2.05, 4.69) is 44.4 Å². The fraction of sp³-hybridized carbons (Fsp3) is 0.500. The van der Waals surface area contributed by atoms with Gasteiger partial charge in [-0.2, -0.15) is 0 Å². The largest absolute Gasteiger partial charge is 0.333 e. The molecule has 0 aliphatic carbocycles. The highest BCUT2D eigenvalue weighted by Crippen LogP contribution is 2.37. The van der Waals surface area contributed by atoms with E-state index in [0.29, 0.717) is 25.4 Å². The highest BCUT2D eigenvalue weighted by molar-refractivity contribution is 7.10. The Balaban J connectivity index is 1.83. The number of carbonyl (C=O) groups is 2. The molecule has 29 heavy (non-hydrogen) atoms. The number of hydrogen-bond acceptors (Lipinski definition) is 3. The average Bonchev–Trinajstić information content (AvgIpc) is 3.19. The van der Waals surface area contributed by atoms with Crippen molar-refractivity contribution in [2.75, 3.05) is 19.6 Å². The smallest absolute Gasteiger partial charge is 0.242 e. The molecule has 1 aromatic carbocycles. The van der Waals surface area contributed by atoms with E-state index < -0.39 is 0 Å². The molecule has 5 heteroatoms. The number of amides is 2. The van der Waals surface area contributed by atoms with E-state index in [1.165, 1.54) is 10.4 Å². The van der Waals surface area contributed by atoms with Crippen LogP contribution in [0.4, 0.5) is 0 Å². The molecule has 0 bridgehead atoms. The van der Waals surface area contributed by atoms with Crippen LogP contribution in [0.2, 0.25) is 0 Å². The van der Waals surface area contributed by atoms with Crippen LogP contribution in [0.3, 0.4) is 0 Å². The van der Waals surface area contributed by atoms with Crippen LogP contribution in [0.1, 0.15) is 62.1 Å². The van der Waals surface area contributed by atoms with Crippen molar-refractivity contribution in [3.8, 4) is 0 Å². The Morgan fingerprint density at radius 2 is 1.97 bits per heavy atom. The Bertz CT molecular complexity index is 815. The minimum absolute atomic E-state index is 0.0428. The maximum Gasteiger partial charge on any atom is 0.242 e. The van der Waals surface area contributed by atoms with Gasteiger partial charge in [0.25, 0.3) is 0 Å². The van der Waals surface area contributed by atoms with E-state index in [4.69, 9.17) is 0 Å². The molecule has 3 rings (SSSR count). The van der Waals surface area contributed by atoms with E-state index >= 15 is 0 Å². The summed E-state index contributed by atoms with van der Waals surface area (Å²) >= 11 is 1.77. The molecule has 1 atom stereocenters. The molecule has 2 heterocycles. The summed E-state index contributed by atoms with van der Waals surface area (Å²) in [4.78, 5) is 31.3. The zero-order valence-corrected chi connectivity index (χ0v) is 18.6. The van der Waals surface area contributed by atoms with Gasteiger partial charge in [0.05, 0.1) is 12.6 Å². The molecule has 1 aromatic heterocycles. The van der Waals surface area contributed by atoms with Gasteiger partial charge >= 0.3 is 0 Å². The topological polar surface area (TPSA) is 40.6 Å². The minimum atomic E-state index is -0.0645. The zero-order valence-electron chi connectivity index (χ0n) is 17.8. The first-order valence-electron chi connectivity index (χ1n) is 10.7. The number of hydrogen-bond donors (Lipinski definition) is 0. The SMILES string of the molecule is CCCCC(=O)N(CC(=O)N1CCc2sccc2[C@@H]1c1ccccc1)CC(C)C. The van der Waals surface area contributed by atoms with Gasteiger partial charge in [-0.05, 0) is 41.3 Å². The van der Waals surface area contributed by atoms with E-state index in [1.54, 1.807) is 16.2 Å². The lowest BCUT2D eigenvalue weighted by atomic mass is 9.93. The number of unbranched alkanes of at least 4 members (excludes halogenated alkanes) is 1. The molecule has 2 amide bonds. The van der Waals surface area contributed by atoms with Crippen LogP contribution in [-0.4, -0.2) is 41.2 Å². The van der Waals surface area contributed by atoms with Gasteiger partial charge in [0, 0.05) is 24.4 Å². The summed E-state index contributed by atoms with van der Waals surface area (Å²) in [6.07, 6.45) is 3.26. The summed E-state index contributed by atoms with van der Waals surface area (Å²) < 4.78 is 0. The molecule has 0 fully saturated rings. The second-order valence-corrected chi connectivity index (χ2v) is 9.22. The maximum atomic E-state index is 13.4. The average molecular weight is 413 g/mol. The summed E-state index contributed by atoms with van der Waals surface area (Å²) in [6, 6.07) is 12.3. The van der Waals surface area contributed by atoms with Crippen molar-refractivity contribution in [2.45, 2.75) is 52.5 Å².